The Morgan fingerprint density at radius 3 is 2.30 bits per heavy atom. The first-order valence-electron chi connectivity index (χ1n) is 9.55. The number of unbranched alkanes of at least 4 members (excludes halogenated alkanes) is 4. The minimum atomic E-state index is 0.828. The van der Waals surface area contributed by atoms with Gasteiger partial charge in [0.25, 0.3) is 0 Å². The van der Waals surface area contributed by atoms with Crippen LogP contribution in [0, 0.1) is 11.8 Å². The summed E-state index contributed by atoms with van der Waals surface area (Å²) in [6.07, 6.45) is 17.2. The number of hydrogen-bond acceptors (Lipinski definition) is 1. The van der Waals surface area contributed by atoms with Crippen molar-refractivity contribution in [2.75, 3.05) is 6.54 Å². The number of hydrogen-bond donors (Lipinski definition) is 1. The van der Waals surface area contributed by atoms with Gasteiger partial charge in [0.05, 0.1) is 0 Å². The van der Waals surface area contributed by atoms with Crippen molar-refractivity contribution in [1.29, 1.82) is 0 Å². The van der Waals surface area contributed by atoms with Crippen LogP contribution in [0.4, 0.5) is 0 Å². The molecule has 3 unspecified atom stereocenters. The Morgan fingerprint density at radius 1 is 0.800 bits per heavy atom. The van der Waals surface area contributed by atoms with Crippen molar-refractivity contribution in [2.45, 2.75) is 104 Å². The van der Waals surface area contributed by atoms with E-state index in [-0.39, 0.29) is 0 Å². The maximum Gasteiger partial charge on any atom is 0.00955 e. The summed E-state index contributed by atoms with van der Waals surface area (Å²) in [7, 11) is 0. The molecule has 1 saturated carbocycles. The average molecular weight is 282 g/mol. The lowest BCUT2D eigenvalue weighted by Gasteiger charge is -2.37. The number of nitrogens with one attached hydrogen (secondary N) is 1. The highest BCUT2D eigenvalue weighted by Gasteiger charge is 2.29. The van der Waals surface area contributed by atoms with Gasteiger partial charge in [0.15, 0.2) is 0 Å². The second-order valence-electron chi connectivity index (χ2n) is 6.99. The topological polar surface area (TPSA) is 12.0 Å². The highest BCUT2D eigenvalue weighted by molar-refractivity contribution is 4.84. The lowest BCUT2D eigenvalue weighted by Crippen LogP contribution is -2.41. The molecule has 0 saturated heterocycles. The second kappa shape index (κ2) is 11.6. The highest BCUT2D eigenvalue weighted by atomic mass is 14.9. The lowest BCUT2D eigenvalue weighted by atomic mass is 9.74. The normalized spacial score (nSPS) is 26.9. The Morgan fingerprint density at radius 2 is 1.60 bits per heavy atom. The highest BCUT2D eigenvalue weighted by Crippen LogP contribution is 2.35. The van der Waals surface area contributed by atoms with Crippen LogP contribution in [0.2, 0.25) is 0 Å². The molecule has 120 valence electrons. The zero-order chi connectivity index (χ0) is 14.6. The monoisotopic (exact) mass is 281 g/mol. The van der Waals surface area contributed by atoms with E-state index in [9.17, 15) is 0 Å². The van der Waals surface area contributed by atoms with E-state index in [1.807, 2.05) is 0 Å². The summed E-state index contributed by atoms with van der Waals surface area (Å²) in [5.41, 5.74) is 0. The Hall–Kier alpha value is -0.0400. The molecule has 0 radical (unpaired) electrons. The van der Waals surface area contributed by atoms with Gasteiger partial charge >= 0.3 is 0 Å². The molecule has 1 fully saturated rings. The van der Waals surface area contributed by atoms with Crippen LogP contribution in [0.25, 0.3) is 0 Å². The van der Waals surface area contributed by atoms with Crippen LogP contribution in [-0.2, 0) is 0 Å². The van der Waals surface area contributed by atoms with Gasteiger partial charge in [-0.25, -0.2) is 0 Å². The van der Waals surface area contributed by atoms with Crippen molar-refractivity contribution in [3.05, 3.63) is 0 Å². The zero-order valence-electron chi connectivity index (χ0n) is 14.4. The first-order valence-corrected chi connectivity index (χ1v) is 9.55. The first-order chi connectivity index (χ1) is 9.81. The summed E-state index contributed by atoms with van der Waals surface area (Å²) in [4.78, 5) is 0. The molecule has 20 heavy (non-hydrogen) atoms. The van der Waals surface area contributed by atoms with E-state index in [2.05, 4.69) is 26.1 Å². The fourth-order valence-corrected chi connectivity index (χ4v) is 3.96. The SMILES string of the molecule is CCCCCCCC1CC(CCC)CCC1NCCC. The van der Waals surface area contributed by atoms with E-state index < -0.39 is 0 Å². The molecule has 1 aliphatic rings. The number of rotatable bonds is 11. The van der Waals surface area contributed by atoms with Gasteiger partial charge in [-0.15, -0.1) is 0 Å². The molecule has 0 aliphatic heterocycles. The smallest absolute Gasteiger partial charge is 0.00955 e. The average Bonchev–Trinajstić information content (AvgIpc) is 2.46. The first kappa shape index (κ1) is 18.0. The summed E-state index contributed by atoms with van der Waals surface area (Å²) >= 11 is 0. The van der Waals surface area contributed by atoms with Crippen LogP contribution in [0.1, 0.15) is 97.8 Å². The lowest BCUT2D eigenvalue weighted by molar-refractivity contribution is 0.182. The fraction of sp³-hybridized carbons (Fsp3) is 1.00. The van der Waals surface area contributed by atoms with Crippen molar-refractivity contribution in [2.24, 2.45) is 11.8 Å². The van der Waals surface area contributed by atoms with Gasteiger partial charge in [-0.05, 0) is 50.5 Å². The van der Waals surface area contributed by atoms with Crippen LogP contribution in [0.15, 0.2) is 0 Å². The van der Waals surface area contributed by atoms with Gasteiger partial charge in [0.2, 0.25) is 0 Å². The molecule has 3 atom stereocenters. The van der Waals surface area contributed by atoms with E-state index in [4.69, 9.17) is 0 Å². The van der Waals surface area contributed by atoms with Crippen molar-refractivity contribution in [1.82, 2.24) is 5.32 Å². The quantitative estimate of drug-likeness (QED) is 0.463. The Balaban J connectivity index is 2.32. The minimum Gasteiger partial charge on any atom is -0.314 e. The van der Waals surface area contributed by atoms with E-state index in [1.165, 1.54) is 83.6 Å². The molecule has 0 aromatic carbocycles. The maximum atomic E-state index is 3.84. The van der Waals surface area contributed by atoms with Gasteiger partial charge in [0, 0.05) is 6.04 Å². The van der Waals surface area contributed by atoms with E-state index in [0.29, 0.717) is 0 Å². The predicted octanol–water partition coefficient (Wildman–Crippen LogP) is 5.93. The molecule has 1 N–H and O–H groups in total. The van der Waals surface area contributed by atoms with Crippen LogP contribution >= 0.6 is 0 Å². The van der Waals surface area contributed by atoms with Crippen LogP contribution in [0.3, 0.4) is 0 Å². The van der Waals surface area contributed by atoms with E-state index >= 15 is 0 Å². The van der Waals surface area contributed by atoms with Crippen molar-refractivity contribution in [3.63, 3.8) is 0 Å². The molecule has 1 rings (SSSR count). The van der Waals surface area contributed by atoms with Crippen molar-refractivity contribution < 1.29 is 0 Å². The summed E-state index contributed by atoms with van der Waals surface area (Å²) in [6, 6.07) is 0.828. The van der Waals surface area contributed by atoms with E-state index in [0.717, 1.165) is 17.9 Å². The fourth-order valence-electron chi connectivity index (χ4n) is 3.96. The van der Waals surface area contributed by atoms with Crippen LogP contribution in [0.5, 0.6) is 0 Å². The van der Waals surface area contributed by atoms with Crippen molar-refractivity contribution in [3.8, 4) is 0 Å². The molecule has 0 amide bonds. The molecule has 1 aliphatic carbocycles. The van der Waals surface area contributed by atoms with Gasteiger partial charge in [-0.2, -0.15) is 0 Å². The molecule has 0 aromatic heterocycles. The predicted molar refractivity (Wildman–Crippen MR) is 91.2 cm³/mol. The molecule has 0 heterocycles. The molecule has 1 heteroatoms. The summed E-state index contributed by atoms with van der Waals surface area (Å²) < 4.78 is 0. The maximum absolute atomic E-state index is 3.84. The molecule has 0 spiro atoms. The standard InChI is InChI=1S/C19H39N/c1-4-7-8-9-10-12-18-16-17(11-5-2)13-14-19(18)20-15-6-3/h17-20H,4-16H2,1-3H3. The minimum absolute atomic E-state index is 0.828. The molecule has 1 nitrogen and oxygen atoms in total. The summed E-state index contributed by atoms with van der Waals surface area (Å²) in [6.45, 7) is 8.16. The van der Waals surface area contributed by atoms with Gasteiger partial charge in [-0.1, -0.05) is 65.7 Å². The molecular formula is C19H39N. The van der Waals surface area contributed by atoms with Crippen molar-refractivity contribution >= 4 is 0 Å². The third-order valence-corrected chi connectivity index (χ3v) is 5.12. The van der Waals surface area contributed by atoms with Crippen LogP contribution in [-0.4, -0.2) is 12.6 Å². The largest absolute Gasteiger partial charge is 0.314 e. The Labute approximate surface area is 128 Å². The van der Waals surface area contributed by atoms with Gasteiger partial charge < -0.3 is 5.32 Å². The Bertz CT molecular complexity index is 214. The second-order valence-corrected chi connectivity index (χ2v) is 6.99. The van der Waals surface area contributed by atoms with Gasteiger partial charge in [0.1, 0.15) is 0 Å². The van der Waals surface area contributed by atoms with Gasteiger partial charge in [-0.3, -0.25) is 0 Å². The van der Waals surface area contributed by atoms with E-state index in [1.54, 1.807) is 0 Å². The Kier molecular flexibility index (Phi) is 10.4. The molecule has 0 aromatic rings. The third kappa shape index (κ3) is 7.11. The summed E-state index contributed by atoms with van der Waals surface area (Å²) in [5, 5.41) is 3.84. The zero-order valence-corrected chi connectivity index (χ0v) is 14.4. The molecular weight excluding hydrogens is 242 g/mol. The van der Waals surface area contributed by atoms with Crippen LogP contribution < -0.4 is 5.32 Å². The molecule has 0 bridgehead atoms. The summed E-state index contributed by atoms with van der Waals surface area (Å²) in [5.74, 6) is 1.99. The third-order valence-electron chi connectivity index (χ3n) is 5.12.